The molecule has 0 aliphatic heterocycles. The third-order valence-electron chi connectivity index (χ3n) is 1.81. The maximum atomic E-state index is 10.8. The van der Waals surface area contributed by atoms with Gasteiger partial charge >= 0.3 is 5.97 Å². The average Bonchev–Trinajstić information content (AvgIpc) is 2.25. The number of nitriles is 1. The van der Waals surface area contributed by atoms with E-state index in [0.717, 1.165) is 17.1 Å². The molecule has 15 heavy (non-hydrogen) atoms. The van der Waals surface area contributed by atoms with Crippen molar-refractivity contribution in [3.05, 3.63) is 29.8 Å². The summed E-state index contributed by atoms with van der Waals surface area (Å²) in [6.45, 7) is 0. The van der Waals surface area contributed by atoms with E-state index >= 15 is 0 Å². The van der Waals surface area contributed by atoms with E-state index in [4.69, 9.17) is 10.4 Å². The molecule has 0 fully saturated rings. The number of rotatable bonds is 5. The van der Waals surface area contributed by atoms with E-state index in [2.05, 4.69) is 6.07 Å². The number of aromatic carboxylic acids is 1. The molecule has 0 aromatic heterocycles. The number of carboxylic acid groups (broad SMARTS) is 1. The van der Waals surface area contributed by atoms with Crippen LogP contribution in [0.15, 0.2) is 29.2 Å². The summed E-state index contributed by atoms with van der Waals surface area (Å²) in [4.78, 5) is 11.6. The van der Waals surface area contributed by atoms with Crippen molar-refractivity contribution in [1.82, 2.24) is 0 Å². The predicted molar refractivity (Wildman–Crippen MR) is 59.0 cm³/mol. The minimum Gasteiger partial charge on any atom is -0.478 e. The van der Waals surface area contributed by atoms with Gasteiger partial charge in [0.15, 0.2) is 0 Å². The lowest BCUT2D eigenvalue weighted by atomic mass is 10.2. The fourth-order valence-corrected chi connectivity index (χ4v) is 2.10. The van der Waals surface area contributed by atoms with Gasteiger partial charge in [-0.05, 0) is 24.3 Å². The van der Waals surface area contributed by atoms with Crippen molar-refractivity contribution in [2.75, 3.05) is 5.75 Å². The van der Waals surface area contributed by atoms with E-state index in [1.165, 1.54) is 11.8 Å². The molecular weight excluding hydrogens is 210 g/mol. The molecule has 0 aliphatic carbocycles. The van der Waals surface area contributed by atoms with Crippen LogP contribution in [0.1, 0.15) is 23.2 Å². The second-order valence-corrected chi connectivity index (χ2v) is 4.05. The fourth-order valence-electron chi connectivity index (χ4n) is 1.10. The highest BCUT2D eigenvalue weighted by molar-refractivity contribution is 7.99. The molecule has 0 bridgehead atoms. The van der Waals surface area contributed by atoms with E-state index < -0.39 is 5.97 Å². The first-order valence-electron chi connectivity index (χ1n) is 4.58. The molecule has 0 spiro atoms. The third-order valence-corrected chi connectivity index (χ3v) is 2.97. The van der Waals surface area contributed by atoms with Gasteiger partial charge in [-0.1, -0.05) is 12.1 Å². The van der Waals surface area contributed by atoms with Crippen LogP contribution in [0.2, 0.25) is 0 Å². The molecule has 0 aliphatic rings. The normalized spacial score (nSPS) is 9.53. The summed E-state index contributed by atoms with van der Waals surface area (Å²) in [6.07, 6.45) is 1.30. The van der Waals surface area contributed by atoms with Gasteiger partial charge in [0.25, 0.3) is 0 Å². The fraction of sp³-hybridized carbons (Fsp3) is 0.273. The molecule has 1 rings (SSSR count). The van der Waals surface area contributed by atoms with Crippen LogP contribution in [0.4, 0.5) is 0 Å². The second kappa shape index (κ2) is 6.10. The molecule has 0 saturated heterocycles. The number of unbranched alkanes of at least 4 members (excludes halogenated alkanes) is 1. The Balaban J connectivity index is 2.60. The minimum atomic E-state index is -0.904. The first-order valence-corrected chi connectivity index (χ1v) is 5.56. The van der Waals surface area contributed by atoms with E-state index in [0.29, 0.717) is 12.0 Å². The van der Waals surface area contributed by atoms with Crippen molar-refractivity contribution in [1.29, 1.82) is 5.26 Å². The summed E-state index contributed by atoms with van der Waals surface area (Å²) in [6, 6.07) is 8.98. The van der Waals surface area contributed by atoms with Crippen molar-refractivity contribution in [3.8, 4) is 6.07 Å². The van der Waals surface area contributed by atoms with Gasteiger partial charge in [0.2, 0.25) is 0 Å². The molecule has 4 heteroatoms. The molecular formula is C11H11NO2S. The van der Waals surface area contributed by atoms with Gasteiger partial charge in [-0.2, -0.15) is 5.26 Å². The molecule has 3 nitrogen and oxygen atoms in total. The largest absolute Gasteiger partial charge is 0.478 e. The summed E-state index contributed by atoms with van der Waals surface area (Å²) >= 11 is 1.48. The number of thioether (sulfide) groups is 1. The zero-order valence-electron chi connectivity index (χ0n) is 8.14. The van der Waals surface area contributed by atoms with Gasteiger partial charge in [-0.25, -0.2) is 4.79 Å². The van der Waals surface area contributed by atoms with Gasteiger partial charge in [-0.15, -0.1) is 11.8 Å². The number of nitrogens with zero attached hydrogens (tertiary/aromatic N) is 1. The Morgan fingerprint density at radius 3 is 2.87 bits per heavy atom. The Kier molecular flexibility index (Phi) is 4.72. The number of carboxylic acids is 1. The Labute approximate surface area is 92.7 Å². The Morgan fingerprint density at radius 2 is 2.20 bits per heavy atom. The first kappa shape index (κ1) is 11.6. The van der Waals surface area contributed by atoms with Crippen LogP contribution in [0.5, 0.6) is 0 Å². The van der Waals surface area contributed by atoms with Crippen molar-refractivity contribution >= 4 is 17.7 Å². The molecule has 0 radical (unpaired) electrons. The summed E-state index contributed by atoms with van der Waals surface area (Å²) in [7, 11) is 0. The van der Waals surface area contributed by atoms with Gasteiger partial charge < -0.3 is 5.11 Å². The Morgan fingerprint density at radius 1 is 1.47 bits per heavy atom. The quantitative estimate of drug-likeness (QED) is 0.613. The SMILES string of the molecule is N#CCCCSc1ccccc1C(=O)O. The number of hydrogen-bond acceptors (Lipinski definition) is 3. The van der Waals surface area contributed by atoms with Crippen LogP contribution in [0.25, 0.3) is 0 Å². The summed E-state index contributed by atoms with van der Waals surface area (Å²) in [5.74, 6) is -0.129. The number of carbonyl (C=O) groups is 1. The van der Waals surface area contributed by atoms with E-state index in [1.807, 2.05) is 6.07 Å². The average molecular weight is 221 g/mol. The van der Waals surface area contributed by atoms with Crippen LogP contribution >= 0.6 is 11.8 Å². The zero-order chi connectivity index (χ0) is 11.1. The highest BCUT2D eigenvalue weighted by Crippen LogP contribution is 2.23. The summed E-state index contributed by atoms with van der Waals surface area (Å²) in [5.41, 5.74) is 0.333. The molecule has 0 atom stereocenters. The molecule has 1 aromatic rings. The Hall–Kier alpha value is -1.47. The van der Waals surface area contributed by atoms with E-state index in [1.54, 1.807) is 18.2 Å². The molecule has 0 unspecified atom stereocenters. The summed E-state index contributed by atoms with van der Waals surface area (Å²) < 4.78 is 0. The first-order chi connectivity index (χ1) is 7.25. The van der Waals surface area contributed by atoms with Crippen LogP contribution < -0.4 is 0 Å². The summed E-state index contributed by atoms with van der Waals surface area (Å²) in [5, 5.41) is 17.3. The lowest BCUT2D eigenvalue weighted by Gasteiger charge is -2.03. The predicted octanol–water partition coefficient (Wildman–Crippen LogP) is 2.78. The minimum absolute atomic E-state index is 0.333. The van der Waals surface area contributed by atoms with Gasteiger partial charge in [0.1, 0.15) is 0 Å². The maximum absolute atomic E-state index is 10.8. The monoisotopic (exact) mass is 221 g/mol. The molecule has 0 amide bonds. The smallest absolute Gasteiger partial charge is 0.336 e. The van der Waals surface area contributed by atoms with Crippen LogP contribution in [0, 0.1) is 11.3 Å². The van der Waals surface area contributed by atoms with Crippen molar-refractivity contribution in [3.63, 3.8) is 0 Å². The zero-order valence-corrected chi connectivity index (χ0v) is 8.96. The van der Waals surface area contributed by atoms with E-state index in [9.17, 15) is 4.79 Å². The lowest BCUT2D eigenvalue weighted by Crippen LogP contribution is -1.98. The number of hydrogen-bond donors (Lipinski definition) is 1. The van der Waals surface area contributed by atoms with Crippen LogP contribution in [0.3, 0.4) is 0 Å². The third kappa shape index (κ3) is 3.64. The van der Waals surface area contributed by atoms with Gasteiger partial charge in [-0.3, -0.25) is 0 Å². The Bertz CT molecular complexity index is 384. The molecule has 1 aromatic carbocycles. The molecule has 0 heterocycles. The maximum Gasteiger partial charge on any atom is 0.336 e. The van der Waals surface area contributed by atoms with Crippen LogP contribution in [-0.4, -0.2) is 16.8 Å². The van der Waals surface area contributed by atoms with Gasteiger partial charge in [0, 0.05) is 11.3 Å². The number of benzene rings is 1. The molecule has 0 saturated carbocycles. The van der Waals surface area contributed by atoms with E-state index in [-0.39, 0.29) is 0 Å². The van der Waals surface area contributed by atoms with Crippen molar-refractivity contribution < 1.29 is 9.90 Å². The highest BCUT2D eigenvalue weighted by atomic mass is 32.2. The van der Waals surface area contributed by atoms with Crippen molar-refractivity contribution in [2.45, 2.75) is 17.7 Å². The standard InChI is InChI=1S/C11H11NO2S/c12-7-3-4-8-15-10-6-2-1-5-9(10)11(13)14/h1-2,5-6H,3-4,8H2,(H,13,14). The molecule has 1 N–H and O–H groups in total. The molecule has 78 valence electrons. The van der Waals surface area contributed by atoms with Crippen molar-refractivity contribution in [2.24, 2.45) is 0 Å². The topological polar surface area (TPSA) is 61.1 Å². The van der Waals surface area contributed by atoms with Gasteiger partial charge in [0.05, 0.1) is 11.6 Å². The van der Waals surface area contributed by atoms with Crippen LogP contribution in [-0.2, 0) is 0 Å². The lowest BCUT2D eigenvalue weighted by molar-refractivity contribution is 0.0693. The highest BCUT2D eigenvalue weighted by Gasteiger charge is 2.08. The second-order valence-electron chi connectivity index (χ2n) is 2.91.